The van der Waals surface area contributed by atoms with E-state index in [0.29, 0.717) is 11.7 Å². The molecular formula is C18H33N3O3S2. The summed E-state index contributed by atoms with van der Waals surface area (Å²) >= 11 is 0. The normalized spacial score (nSPS) is 18.0. The van der Waals surface area contributed by atoms with E-state index >= 15 is 0 Å². The summed E-state index contributed by atoms with van der Waals surface area (Å²) in [6.45, 7) is 7.43. The molecule has 1 heterocycles. The Morgan fingerprint density at radius 1 is 0.962 bits per heavy atom. The first-order valence-corrected chi connectivity index (χ1v) is 11.8. The molecule has 0 saturated carbocycles. The molecule has 3 N–H and O–H groups in total. The first-order valence-electron chi connectivity index (χ1n) is 9.45. The highest BCUT2D eigenvalue weighted by Crippen LogP contribution is 2.39. The molecule has 1 fully saturated rings. The van der Waals surface area contributed by atoms with Crippen LogP contribution in [-0.2, 0) is 14.4 Å². The Balaban J connectivity index is 2.41. The van der Waals surface area contributed by atoms with E-state index < -0.39 is 6.04 Å². The maximum Gasteiger partial charge on any atom is 0.243 e. The number of unbranched alkanes of at least 4 members (excludes halogenated alkanes) is 1. The van der Waals surface area contributed by atoms with E-state index in [1.807, 2.05) is 49.3 Å². The van der Waals surface area contributed by atoms with Gasteiger partial charge in [-0.15, -0.1) is 0 Å². The molecule has 0 aromatic carbocycles. The quantitative estimate of drug-likeness (QED) is 0.365. The van der Waals surface area contributed by atoms with Crippen LogP contribution in [-0.4, -0.2) is 46.8 Å². The van der Waals surface area contributed by atoms with Gasteiger partial charge in [-0.3, -0.25) is 14.4 Å². The second-order valence-electron chi connectivity index (χ2n) is 7.28. The van der Waals surface area contributed by atoms with Crippen LogP contribution in [0.25, 0.3) is 0 Å². The van der Waals surface area contributed by atoms with Gasteiger partial charge in [0.25, 0.3) is 0 Å². The number of hydrogen-bond donors (Lipinski definition) is 3. The van der Waals surface area contributed by atoms with Gasteiger partial charge in [-0.1, -0.05) is 28.0 Å². The van der Waals surface area contributed by atoms with Crippen molar-refractivity contribution in [2.75, 3.05) is 5.75 Å². The van der Waals surface area contributed by atoms with Crippen LogP contribution in [0.15, 0.2) is 0 Å². The zero-order chi connectivity index (χ0) is 19.5. The lowest BCUT2D eigenvalue weighted by Gasteiger charge is -2.20. The van der Waals surface area contributed by atoms with E-state index in [4.69, 9.17) is 0 Å². The summed E-state index contributed by atoms with van der Waals surface area (Å²) in [7, 11) is 3.88. The third-order valence-electron chi connectivity index (χ3n) is 3.83. The van der Waals surface area contributed by atoms with Crippen LogP contribution in [0.2, 0.25) is 0 Å². The second kappa shape index (κ2) is 12.5. The van der Waals surface area contributed by atoms with Crippen molar-refractivity contribution in [3.05, 3.63) is 0 Å². The van der Waals surface area contributed by atoms with Gasteiger partial charge in [0.15, 0.2) is 0 Å². The van der Waals surface area contributed by atoms with Gasteiger partial charge in [0.2, 0.25) is 17.7 Å². The zero-order valence-electron chi connectivity index (χ0n) is 16.3. The van der Waals surface area contributed by atoms with Crippen molar-refractivity contribution in [2.24, 2.45) is 0 Å². The first kappa shape index (κ1) is 23.1. The number of nitrogens with one attached hydrogen (secondary N) is 3. The predicted octanol–water partition coefficient (Wildman–Crippen LogP) is 2.62. The van der Waals surface area contributed by atoms with Gasteiger partial charge in [-0.2, -0.15) is 0 Å². The number of rotatable bonds is 11. The van der Waals surface area contributed by atoms with Crippen molar-refractivity contribution in [3.63, 3.8) is 0 Å². The molecule has 1 unspecified atom stereocenters. The van der Waals surface area contributed by atoms with E-state index in [1.165, 1.54) is 12.2 Å². The van der Waals surface area contributed by atoms with E-state index in [1.54, 1.807) is 0 Å². The van der Waals surface area contributed by atoms with Crippen LogP contribution in [0.3, 0.4) is 0 Å². The molecule has 0 aromatic heterocycles. The lowest BCUT2D eigenvalue weighted by atomic mass is 10.1. The molecule has 0 aromatic rings. The van der Waals surface area contributed by atoms with Gasteiger partial charge < -0.3 is 16.0 Å². The van der Waals surface area contributed by atoms with E-state index in [0.717, 1.165) is 19.3 Å². The molecule has 0 radical (unpaired) electrons. The lowest BCUT2D eigenvalue weighted by Crippen LogP contribution is -2.50. The topological polar surface area (TPSA) is 87.3 Å². The largest absolute Gasteiger partial charge is 0.354 e. The monoisotopic (exact) mass is 403 g/mol. The van der Waals surface area contributed by atoms with Crippen molar-refractivity contribution in [2.45, 2.75) is 89.6 Å². The lowest BCUT2D eigenvalue weighted by molar-refractivity contribution is -0.132. The van der Waals surface area contributed by atoms with Crippen LogP contribution in [0.1, 0.15) is 66.2 Å². The van der Waals surface area contributed by atoms with E-state index in [2.05, 4.69) is 16.0 Å². The SMILES string of the molecule is CC(C)NC(=O)C[C@H](NC(=O)CCCCC1CCSS1)C(=O)NC(C)C. The van der Waals surface area contributed by atoms with Crippen LogP contribution in [0.5, 0.6) is 0 Å². The fraction of sp³-hybridized carbons (Fsp3) is 0.833. The van der Waals surface area contributed by atoms with Gasteiger partial charge >= 0.3 is 0 Å². The van der Waals surface area contributed by atoms with Gasteiger partial charge in [0.1, 0.15) is 6.04 Å². The average Bonchev–Trinajstić information content (AvgIpc) is 3.02. The summed E-state index contributed by atoms with van der Waals surface area (Å²) in [5.74, 6) is 0.507. The fourth-order valence-corrected chi connectivity index (χ4v) is 5.68. The van der Waals surface area contributed by atoms with Crippen LogP contribution < -0.4 is 16.0 Å². The molecule has 0 bridgehead atoms. The molecule has 2 atom stereocenters. The van der Waals surface area contributed by atoms with Crippen molar-refractivity contribution >= 4 is 39.3 Å². The molecular weight excluding hydrogens is 370 g/mol. The minimum absolute atomic E-state index is 0.00127. The molecule has 0 aliphatic carbocycles. The van der Waals surface area contributed by atoms with Gasteiger partial charge in [0.05, 0.1) is 6.42 Å². The minimum Gasteiger partial charge on any atom is -0.354 e. The average molecular weight is 404 g/mol. The molecule has 3 amide bonds. The molecule has 1 aliphatic heterocycles. The maximum atomic E-state index is 12.3. The number of carbonyl (C=O) groups is 3. The fourth-order valence-electron chi connectivity index (χ4n) is 2.65. The number of hydrogen-bond acceptors (Lipinski definition) is 5. The van der Waals surface area contributed by atoms with Crippen molar-refractivity contribution in [3.8, 4) is 0 Å². The summed E-state index contributed by atoms with van der Waals surface area (Å²) in [5.41, 5.74) is 0. The highest BCUT2D eigenvalue weighted by atomic mass is 33.1. The Morgan fingerprint density at radius 3 is 2.23 bits per heavy atom. The summed E-state index contributed by atoms with van der Waals surface area (Å²) in [5, 5.41) is 8.98. The standard InChI is InChI=1S/C18H33N3O3S2/c1-12(2)19-17(23)11-15(18(24)20-13(3)4)21-16(22)8-6-5-7-14-9-10-25-26-14/h12-15H,5-11H2,1-4H3,(H,19,23)(H,20,24)(H,21,22)/t14?,15-/m0/s1. The van der Waals surface area contributed by atoms with Crippen molar-refractivity contribution in [1.82, 2.24) is 16.0 Å². The molecule has 150 valence electrons. The molecule has 1 aliphatic rings. The Bertz CT molecular complexity index is 467. The highest BCUT2D eigenvalue weighted by molar-refractivity contribution is 8.77. The molecule has 0 spiro atoms. The second-order valence-corrected chi connectivity index (χ2v) is 10.1. The number of carbonyl (C=O) groups excluding carboxylic acids is 3. The smallest absolute Gasteiger partial charge is 0.243 e. The molecule has 1 rings (SSSR count). The van der Waals surface area contributed by atoms with E-state index in [-0.39, 0.29) is 36.2 Å². The summed E-state index contributed by atoms with van der Waals surface area (Å²) in [6.07, 6.45) is 4.57. The van der Waals surface area contributed by atoms with Crippen LogP contribution in [0, 0.1) is 0 Å². The first-order chi connectivity index (χ1) is 12.3. The van der Waals surface area contributed by atoms with Crippen molar-refractivity contribution < 1.29 is 14.4 Å². The summed E-state index contributed by atoms with van der Waals surface area (Å²) < 4.78 is 0. The van der Waals surface area contributed by atoms with Crippen LogP contribution >= 0.6 is 21.6 Å². The molecule has 6 nitrogen and oxygen atoms in total. The minimum atomic E-state index is -0.828. The maximum absolute atomic E-state index is 12.3. The Labute approximate surface area is 165 Å². The Hall–Kier alpha value is -0.890. The van der Waals surface area contributed by atoms with Gasteiger partial charge in [0, 0.05) is 29.5 Å². The van der Waals surface area contributed by atoms with Gasteiger partial charge in [-0.25, -0.2) is 0 Å². The number of amides is 3. The van der Waals surface area contributed by atoms with Gasteiger partial charge in [-0.05, 0) is 47.0 Å². The molecule has 26 heavy (non-hydrogen) atoms. The van der Waals surface area contributed by atoms with E-state index in [9.17, 15) is 14.4 Å². The Kier molecular flexibility index (Phi) is 11.1. The Morgan fingerprint density at radius 2 is 1.65 bits per heavy atom. The van der Waals surface area contributed by atoms with Crippen molar-refractivity contribution in [1.29, 1.82) is 0 Å². The third-order valence-corrected chi connectivity index (χ3v) is 6.84. The predicted molar refractivity (Wildman–Crippen MR) is 110 cm³/mol. The molecule has 8 heteroatoms. The molecule has 1 saturated heterocycles. The summed E-state index contributed by atoms with van der Waals surface area (Å²) in [6, 6.07) is -0.874. The van der Waals surface area contributed by atoms with Crippen LogP contribution in [0.4, 0.5) is 0 Å². The summed E-state index contributed by atoms with van der Waals surface area (Å²) in [4.78, 5) is 36.5. The third kappa shape index (κ3) is 10.3. The zero-order valence-corrected chi connectivity index (χ0v) is 17.9. The highest BCUT2D eigenvalue weighted by Gasteiger charge is 2.24.